The third-order valence-corrected chi connectivity index (χ3v) is 4.96. The molecule has 0 aliphatic rings. The second-order valence-corrected chi connectivity index (χ2v) is 5.79. The first-order valence-corrected chi connectivity index (χ1v) is 7.93. The minimum Gasteiger partial charge on any atom is -0.0925 e. The van der Waals surface area contributed by atoms with Crippen molar-refractivity contribution in [2.75, 3.05) is 5.33 Å². The van der Waals surface area contributed by atoms with E-state index in [1.165, 1.54) is 29.3 Å². The fourth-order valence-electron chi connectivity index (χ4n) is 2.25. The van der Waals surface area contributed by atoms with Gasteiger partial charge < -0.3 is 0 Å². The van der Waals surface area contributed by atoms with Crippen molar-refractivity contribution in [2.45, 2.75) is 33.1 Å². The summed E-state index contributed by atoms with van der Waals surface area (Å²) in [6.07, 6.45) is 3.72. The highest BCUT2D eigenvalue weighted by atomic mass is 79.9. The zero-order chi connectivity index (χ0) is 12.0. The molecule has 90 valence electrons. The molecule has 1 aromatic rings. The van der Waals surface area contributed by atoms with Crippen molar-refractivity contribution in [3.63, 3.8) is 0 Å². The molecule has 1 atom stereocenters. The molecule has 0 aromatic heterocycles. The zero-order valence-electron chi connectivity index (χ0n) is 10.0. The lowest BCUT2D eigenvalue weighted by Crippen LogP contribution is -2.17. The Morgan fingerprint density at radius 3 is 2.19 bits per heavy atom. The van der Waals surface area contributed by atoms with E-state index >= 15 is 0 Å². The maximum Gasteiger partial charge on any atom is 0.0207 e. The molecule has 1 rings (SSSR count). The smallest absolute Gasteiger partial charge is 0.0207 e. The van der Waals surface area contributed by atoms with Crippen LogP contribution in [-0.4, -0.2) is 5.33 Å². The molecule has 1 aromatic carbocycles. The van der Waals surface area contributed by atoms with Crippen LogP contribution in [0.4, 0.5) is 0 Å². The summed E-state index contributed by atoms with van der Waals surface area (Å²) in [5.74, 6) is 1.57. The first kappa shape index (κ1) is 14.2. The van der Waals surface area contributed by atoms with Crippen molar-refractivity contribution >= 4 is 31.9 Å². The molecule has 0 aliphatic carbocycles. The van der Waals surface area contributed by atoms with Crippen LogP contribution in [0.5, 0.6) is 0 Å². The van der Waals surface area contributed by atoms with E-state index in [0.29, 0.717) is 0 Å². The van der Waals surface area contributed by atoms with Crippen LogP contribution in [0.25, 0.3) is 0 Å². The van der Waals surface area contributed by atoms with E-state index in [1.54, 1.807) is 0 Å². The van der Waals surface area contributed by atoms with E-state index in [1.807, 2.05) is 0 Å². The second-order valence-electron chi connectivity index (χ2n) is 4.29. The predicted octanol–water partition coefficient (Wildman–Crippen LogP) is 5.44. The summed E-state index contributed by atoms with van der Waals surface area (Å²) in [5, 5.41) is 1.10. The van der Waals surface area contributed by atoms with E-state index in [0.717, 1.165) is 17.2 Å². The van der Waals surface area contributed by atoms with E-state index in [-0.39, 0.29) is 0 Å². The standard InChI is InChI=1S/C14H20Br2/c1-3-11(4-2)13(10-15)9-12-7-5-6-8-14(12)16/h5-8,11,13H,3-4,9-10H2,1-2H3. The molecule has 0 heterocycles. The highest BCUT2D eigenvalue weighted by Gasteiger charge is 2.18. The third-order valence-electron chi connectivity index (χ3n) is 3.35. The molecule has 0 N–H and O–H groups in total. The lowest BCUT2D eigenvalue weighted by atomic mass is 9.85. The lowest BCUT2D eigenvalue weighted by Gasteiger charge is -2.23. The van der Waals surface area contributed by atoms with Gasteiger partial charge in [0.15, 0.2) is 0 Å². The van der Waals surface area contributed by atoms with Crippen LogP contribution in [0.2, 0.25) is 0 Å². The number of benzene rings is 1. The van der Waals surface area contributed by atoms with Crippen LogP contribution in [0.1, 0.15) is 32.3 Å². The van der Waals surface area contributed by atoms with Crippen molar-refractivity contribution in [3.8, 4) is 0 Å². The van der Waals surface area contributed by atoms with Gasteiger partial charge in [-0.3, -0.25) is 0 Å². The predicted molar refractivity (Wildman–Crippen MR) is 79.2 cm³/mol. The van der Waals surface area contributed by atoms with Gasteiger partial charge in [-0.1, -0.05) is 76.7 Å². The Bertz CT molecular complexity index is 305. The summed E-state index contributed by atoms with van der Waals surface area (Å²) in [6, 6.07) is 8.56. The molecule has 1 unspecified atom stereocenters. The first-order valence-electron chi connectivity index (χ1n) is 6.02. The van der Waals surface area contributed by atoms with E-state index in [9.17, 15) is 0 Å². The Morgan fingerprint density at radius 1 is 1.06 bits per heavy atom. The largest absolute Gasteiger partial charge is 0.0925 e. The number of halogens is 2. The second kappa shape index (κ2) is 7.50. The number of hydrogen-bond acceptors (Lipinski definition) is 0. The van der Waals surface area contributed by atoms with Gasteiger partial charge in [0.25, 0.3) is 0 Å². The molecule has 0 aliphatic heterocycles. The Morgan fingerprint density at radius 2 is 1.69 bits per heavy atom. The summed E-state index contributed by atoms with van der Waals surface area (Å²) in [7, 11) is 0. The van der Waals surface area contributed by atoms with E-state index < -0.39 is 0 Å². The van der Waals surface area contributed by atoms with Crippen LogP contribution in [0.3, 0.4) is 0 Å². The molecule has 0 saturated heterocycles. The van der Waals surface area contributed by atoms with Gasteiger partial charge in [-0.25, -0.2) is 0 Å². The summed E-state index contributed by atoms with van der Waals surface area (Å²) in [5.41, 5.74) is 1.43. The zero-order valence-corrected chi connectivity index (χ0v) is 13.2. The summed E-state index contributed by atoms with van der Waals surface area (Å²) < 4.78 is 1.24. The third kappa shape index (κ3) is 3.89. The average Bonchev–Trinajstić information content (AvgIpc) is 2.31. The van der Waals surface area contributed by atoms with Crippen molar-refractivity contribution in [2.24, 2.45) is 11.8 Å². The van der Waals surface area contributed by atoms with Gasteiger partial charge in [0.1, 0.15) is 0 Å². The van der Waals surface area contributed by atoms with Crippen molar-refractivity contribution in [3.05, 3.63) is 34.3 Å². The van der Waals surface area contributed by atoms with Gasteiger partial charge in [-0.2, -0.15) is 0 Å². The number of rotatable bonds is 6. The molecule has 0 saturated carbocycles. The molecular weight excluding hydrogens is 328 g/mol. The van der Waals surface area contributed by atoms with Crippen LogP contribution in [0, 0.1) is 11.8 Å². The van der Waals surface area contributed by atoms with Crippen molar-refractivity contribution < 1.29 is 0 Å². The minimum absolute atomic E-state index is 0.744. The number of alkyl halides is 1. The quantitative estimate of drug-likeness (QED) is 0.601. The molecular formula is C14H20Br2. The Kier molecular flexibility index (Phi) is 6.67. The minimum atomic E-state index is 0.744. The van der Waals surface area contributed by atoms with Crippen LogP contribution in [-0.2, 0) is 6.42 Å². The highest BCUT2D eigenvalue weighted by molar-refractivity contribution is 9.10. The van der Waals surface area contributed by atoms with Gasteiger partial charge in [-0.15, -0.1) is 0 Å². The molecule has 0 bridgehead atoms. The number of hydrogen-bond donors (Lipinski definition) is 0. The monoisotopic (exact) mass is 346 g/mol. The topological polar surface area (TPSA) is 0 Å². The first-order chi connectivity index (χ1) is 7.72. The Hall–Kier alpha value is 0.180. The molecule has 2 heteroatoms. The van der Waals surface area contributed by atoms with Crippen molar-refractivity contribution in [1.82, 2.24) is 0 Å². The maximum absolute atomic E-state index is 3.66. The van der Waals surface area contributed by atoms with Gasteiger partial charge in [0.05, 0.1) is 0 Å². The summed E-state index contributed by atoms with van der Waals surface area (Å²) in [4.78, 5) is 0. The fraction of sp³-hybridized carbons (Fsp3) is 0.571. The summed E-state index contributed by atoms with van der Waals surface area (Å²) in [6.45, 7) is 4.59. The molecule has 0 radical (unpaired) electrons. The lowest BCUT2D eigenvalue weighted by molar-refractivity contribution is 0.342. The Labute approximate surface area is 116 Å². The van der Waals surface area contributed by atoms with Gasteiger partial charge in [-0.05, 0) is 29.9 Å². The van der Waals surface area contributed by atoms with E-state index in [2.05, 4.69) is 70.0 Å². The molecule has 16 heavy (non-hydrogen) atoms. The molecule has 0 nitrogen and oxygen atoms in total. The average molecular weight is 348 g/mol. The summed E-state index contributed by atoms with van der Waals surface area (Å²) >= 11 is 7.30. The van der Waals surface area contributed by atoms with Crippen LogP contribution in [0.15, 0.2) is 28.7 Å². The van der Waals surface area contributed by atoms with Gasteiger partial charge in [0, 0.05) is 9.80 Å². The van der Waals surface area contributed by atoms with Crippen LogP contribution >= 0.6 is 31.9 Å². The SMILES string of the molecule is CCC(CC)C(CBr)Cc1ccccc1Br. The van der Waals surface area contributed by atoms with Crippen molar-refractivity contribution in [1.29, 1.82) is 0 Å². The fourth-order valence-corrected chi connectivity index (χ4v) is 3.45. The highest BCUT2D eigenvalue weighted by Crippen LogP contribution is 2.28. The van der Waals surface area contributed by atoms with Crippen LogP contribution < -0.4 is 0 Å². The molecule has 0 fully saturated rings. The molecule has 0 spiro atoms. The normalized spacial score (nSPS) is 13.1. The van der Waals surface area contributed by atoms with Gasteiger partial charge >= 0.3 is 0 Å². The maximum atomic E-state index is 3.66. The van der Waals surface area contributed by atoms with Gasteiger partial charge in [0.2, 0.25) is 0 Å². The van der Waals surface area contributed by atoms with E-state index in [4.69, 9.17) is 0 Å². The Balaban J connectivity index is 2.73. The molecule has 0 amide bonds.